The van der Waals surface area contributed by atoms with Crippen molar-refractivity contribution in [2.75, 3.05) is 24.1 Å². The molecule has 0 unspecified atom stereocenters. The average molecular weight is 294 g/mol. The largest absolute Gasteiger partial charge is 0.465 e. The molecule has 0 N–H and O–H groups in total. The van der Waals surface area contributed by atoms with E-state index in [1.807, 2.05) is 13.8 Å². The van der Waals surface area contributed by atoms with Crippen molar-refractivity contribution < 1.29 is 19.1 Å². The third kappa shape index (κ3) is 12.1. The molecule has 6 heteroatoms. The van der Waals surface area contributed by atoms with Crippen molar-refractivity contribution in [3.63, 3.8) is 0 Å². The van der Waals surface area contributed by atoms with E-state index in [9.17, 15) is 9.59 Å². The molecule has 18 heavy (non-hydrogen) atoms. The third-order valence-electron chi connectivity index (χ3n) is 1.96. The van der Waals surface area contributed by atoms with Gasteiger partial charge in [0.05, 0.1) is 24.1 Å². The Balaban J connectivity index is 3.32. The van der Waals surface area contributed by atoms with Gasteiger partial charge in [-0.1, -0.05) is 26.7 Å². The fraction of sp³-hybridized carbons (Fsp3) is 0.833. The molecule has 0 fully saturated rings. The minimum absolute atomic E-state index is 0.214. The molecule has 4 nitrogen and oxygen atoms in total. The zero-order valence-corrected chi connectivity index (χ0v) is 12.7. The van der Waals surface area contributed by atoms with Crippen molar-refractivity contribution in [3.05, 3.63) is 0 Å². The lowest BCUT2D eigenvalue weighted by molar-refractivity contribution is -0.140. The van der Waals surface area contributed by atoms with Crippen LogP contribution in [0.4, 0.5) is 4.79 Å². The molecule has 106 valence electrons. The second-order valence-electron chi connectivity index (χ2n) is 3.64. The molecule has 0 radical (unpaired) electrons. The molecule has 0 spiro atoms. The van der Waals surface area contributed by atoms with Gasteiger partial charge in [-0.15, -0.1) is 11.8 Å². The number of unbranched alkanes of at least 4 members (excludes halogenated alkanes) is 2. The number of ether oxygens (including phenoxy) is 2. The highest BCUT2D eigenvalue weighted by Gasteiger charge is 2.06. The Morgan fingerprint density at radius 2 is 1.61 bits per heavy atom. The number of carbonyl (C=O) groups is 2. The van der Waals surface area contributed by atoms with Gasteiger partial charge in [-0.05, 0) is 24.6 Å². The van der Waals surface area contributed by atoms with Gasteiger partial charge in [0.25, 0.3) is 0 Å². The van der Waals surface area contributed by atoms with E-state index in [0.717, 1.165) is 37.4 Å². The maximum atomic E-state index is 11.2. The van der Waals surface area contributed by atoms with Gasteiger partial charge in [-0.25, -0.2) is 4.79 Å². The van der Waals surface area contributed by atoms with Crippen LogP contribution >= 0.6 is 23.5 Å². The summed E-state index contributed by atoms with van der Waals surface area (Å²) in [6.45, 7) is 5.05. The molecule has 0 aromatic rings. The second-order valence-corrected chi connectivity index (χ2v) is 5.90. The summed E-state index contributed by atoms with van der Waals surface area (Å²) >= 11 is 2.47. The van der Waals surface area contributed by atoms with Crippen molar-refractivity contribution in [2.24, 2.45) is 0 Å². The monoisotopic (exact) mass is 294 g/mol. The van der Waals surface area contributed by atoms with Gasteiger partial charge in [0.15, 0.2) is 0 Å². The summed E-state index contributed by atoms with van der Waals surface area (Å²) < 4.78 is 9.95. The van der Waals surface area contributed by atoms with Gasteiger partial charge in [0.2, 0.25) is 0 Å². The van der Waals surface area contributed by atoms with Gasteiger partial charge in [0.1, 0.15) is 0 Å². The summed E-state index contributed by atoms with van der Waals surface area (Å²) in [6, 6.07) is 0. The van der Waals surface area contributed by atoms with E-state index in [0.29, 0.717) is 24.1 Å². The molecular weight excluding hydrogens is 272 g/mol. The molecule has 0 bridgehead atoms. The molecule has 0 aromatic heterocycles. The van der Waals surface area contributed by atoms with Gasteiger partial charge < -0.3 is 9.47 Å². The zero-order valence-electron chi connectivity index (χ0n) is 11.1. The van der Waals surface area contributed by atoms with Crippen LogP contribution in [0, 0.1) is 0 Å². The Labute approximate surface area is 118 Å². The second kappa shape index (κ2) is 13.1. The van der Waals surface area contributed by atoms with Crippen molar-refractivity contribution in [3.8, 4) is 0 Å². The molecule has 0 saturated heterocycles. The quantitative estimate of drug-likeness (QED) is 0.348. The number of rotatable bonds is 10. The summed E-state index contributed by atoms with van der Waals surface area (Å²) in [5.41, 5.74) is 0. The molecule has 0 heterocycles. The standard InChI is InChI=1S/C12H22O4S2/c1-3-5-7-15-11(13)9-17-10-18-12(14)16-8-6-4-2/h3-10H2,1-2H3. The predicted molar refractivity (Wildman–Crippen MR) is 77.0 cm³/mol. The molecule has 0 aromatic carbocycles. The maximum Gasteiger partial charge on any atom is 0.368 e. The highest BCUT2D eigenvalue weighted by Crippen LogP contribution is 2.14. The maximum absolute atomic E-state index is 11.2. The number of hydrogen-bond donors (Lipinski definition) is 0. The molecule has 0 amide bonds. The van der Waals surface area contributed by atoms with Gasteiger partial charge >= 0.3 is 11.3 Å². The Hall–Kier alpha value is -0.360. The molecule has 0 aliphatic rings. The predicted octanol–water partition coefficient (Wildman–Crippen LogP) is 3.69. The van der Waals surface area contributed by atoms with Crippen LogP contribution in [0.25, 0.3) is 0 Å². The first-order valence-corrected chi connectivity index (χ1v) is 8.37. The van der Waals surface area contributed by atoms with Crippen LogP contribution in [0.2, 0.25) is 0 Å². The van der Waals surface area contributed by atoms with E-state index in [2.05, 4.69) is 0 Å². The fourth-order valence-corrected chi connectivity index (χ4v) is 2.40. The van der Waals surface area contributed by atoms with Crippen LogP contribution in [0.1, 0.15) is 39.5 Å². The lowest BCUT2D eigenvalue weighted by atomic mass is 10.4. The van der Waals surface area contributed by atoms with E-state index < -0.39 is 0 Å². The topological polar surface area (TPSA) is 52.6 Å². The summed E-state index contributed by atoms with van der Waals surface area (Å²) in [5, 5.41) is 0.253. The van der Waals surface area contributed by atoms with E-state index >= 15 is 0 Å². The van der Waals surface area contributed by atoms with Crippen LogP contribution in [0.5, 0.6) is 0 Å². The lowest BCUT2D eigenvalue weighted by Gasteiger charge is -2.04. The zero-order chi connectivity index (χ0) is 13.6. The van der Waals surface area contributed by atoms with Crippen LogP contribution < -0.4 is 0 Å². The summed E-state index contributed by atoms with van der Waals surface area (Å²) in [7, 11) is 0. The summed E-state index contributed by atoms with van der Waals surface area (Å²) in [5.74, 6) is 0.0762. The molecule has 0 rings (SSSR count). The van der Waals surface area contributed by atoms with Crippen molar-refractivity contribution in [1.82, 2.24) is 0 Å². The van der Waals surface area contributed by atoms with Crippen LogP contribution in [0.3, 0.4) is 0 Å². The Bertz CT molecular complexity index is 210. The minimum atomic E-state index is -0.268. The fourth-order valence-electron chi connectivity index (χ4n) is 0.928. The van der Waals surface area contributed by atoms with Gasteiger partial charge in [0, 0.05) is 0 Å². The summed E-state index contributed by atoms with van der Waals surface area (Å²) in [4.78, 5) is 22.4. The summed E-state index contributed by atoms with van der Waals surface area (Å²) in [6.07, 6.45) is 3.81. The first-order chi connectivity index (χ1) is 8.70. The molecule has 0 atom stereocenters. The van der Waals surface area contributed by atoms with Crippen LogP contribution in [0.15, 0.2) is 0 Å². The highest BCUT2D eigenvalue weighted by molar-refractivity contribution is 8.23. The molecule has 0 aliphatic heterocycles. The van der Waals surface area contributed by atoms with Gasteiger partial charge in [-0.3, -0.25) is 4.79 Å². The highest BCUT2D eigenvalue weighted by atomic mass is 32.2. The Morgan fingerprint density at radius 1 is 1.00 bits per heavy atom. The van der Waals surface area contributed by atoms with Crippen molar-refractivity contribution >= 4 is 34.8 Å². The van der Waals surface area contributed by atoms with E-state index in [1.165, 1.54) is 11.8 Å². The average Bonchev–Trinajstić information content (AvgIpc) is 2.35. The SMILES string of the molecule is CCCCOC(=O)CSCSC(=O)OCCCC. The molecular formula is C12H22O4S2. The van der Waals surface area contributed by atoms with Crippen molar-refractivity contribution in [2.45, 2.75) is 39.5 Å². The van der Waals surface area contributed by atoms with Crippen LogP contribution in [-0.2, 0) is 14.3 Å². The minimum Gasteiger partial charge on any atom is -0.465 e. The lowest BCUT2D eigenvalue weighted by Crippen LogP contribution is -2.08. The van der Waals surface area contributed by atoms with Crippen LogP contribution in [-0.4, -0.2) is 35.3 Å². The number of esters is 1. The normalized spacial score (nSPS) is 10.1. The number of carbonyl (C=O) groups excluding carboxylic acids is 2. The Morgan fingerprint density at radius 3 is 2.22 bits per heavy atom. The van der Waals surface area contributed by atoms with E-state index in [-0.39, 0.29) is 11.3 Å². The number of thioether (sulfide) groups is 2. The third-order valence-corrected chi connectivity index (χ3v) is 3.89. The number of hydrogen-bond acceptors (Lipinski definition) is 6. The van der Waals surface area contributed by atoms with E-state index in [4.69, 9.17) is 9.47 Å². The van der Waals surface area contributed by atoms with Crippen molar-refractivity contribution in [1.29, 1.82) is 0 Å². The first-order valence-electron chi connectivity index (χ1n) is 6.23. The smallest absolute Gasteiger partial charge is 0.368 e. The van der Waals surface area contributed by atoms with E-state index in [1.54, 1.807) is 0 Å². The molecule has 0 saturated carbocycles. The first kappa shape index (κ1) is 17.6. The van der Waals surface area contributed by atoms with Gasteiger partial charge in [-0.2, -0.15) is 0 Å². The molecule has 0 aliphatic carbocycles. The Kier molecular flexibility index (Phi) is 12.8.